The average molecular weight is 593 g/mol. The minimum Gasteiger partial charge on any atom is -0.494 e. The van der Waals surface area contributed by atoms with E-state index in [4.69, 9.17) is 9.47 Å². The molecule has 2 amide bonds. The Kier molecular flexibility index (Phi) is 9.85. The Labute approximate surface area is 259 Å². The normalized spacial score (nSPS) is 14.1. The van der Waals surface area contributed by atoms with Crippen LogP contribution >= 0.6 is 0 Å². The van der Waals surface area contributed by atoms with Crippen LogP contribution < -0.4 is 14.4 Å². The van der Waals surface area contributed by atoms with Crippen molar-refractivity contribution >= 4 is 23.4 Å². The number of amides is 2. The van der Waals surface area contributed by atoms with E-state index in [1.165, 1.54) is 5.56 Å². The number of nitrogens with zero attached hydrogens (tertiary/aromatic N) is 2. The number of carbonyl (C=O) groups excluding carboxylic acids is 1. The lowest BCUT2D eigenvalue weighted by Crippen LogP contribution is -2.45. The fourth-order valence-electron chi connectivity index (χ4n) is 5.44. The number of hydrogen-bond donors (Lipinski definition) is 1. The molecular weight excluding hydrogens is 552 g/mol. The number of ether oxygens (including phenoxy) is 2. The van der Waals surface area contributed by atoms with E-state index in [1.54, 1.807) is 19.1 Å². The number of carbonyl (C=O) groups is 2. The summed E-state index contributed by atoms with van der Waals surface area (Å²) in [6.45, 7) is 5.33. The average Bonchev–Trinajstić information content (AvgIpc) is 3.04. The van der Waals surface area contributed by atoms with Gasteiger partial charge in [0.1, 0.15) is 11.5 Å². The van der Waals surface area contributed by atoms with Gasteiger partial charge in [0, 0.05) is 19.5 Å². The van der Waals surface area contributed by atoms with Crippen molar-refractivity contribution in [3.63, 3.8) is 0 Å². The summed E-state index contributed by atoms with van der Waals surface area (Å²) in [7, 11) is 0. The van der Waals surface area contributed by atoms with E-state index in [0.29, 0.717) is 37.6 Å². The Balaban J connectivity index is 1.17. The smallest absolute Gasteiger partial charge is 0.348 e. The quantitative estimate of drug-likeness (QED) is 0.150. The number of aryl methyl sites for hydroxylation is 1. The maximum atomic E-state index is 13.7. The summed E-state index contributed by atoms with van der Waals surface area (Å²) in [5.41, 5.74) is 3.62. The van der Waals surface area contributed by atoms with Gasteiger partial charge in [-0.25, -0.2) is 9.59 Å². The molecule has 0 aromatic heterocycles. The number of unbranched alkanes of at least 4 members (excludes halogenated alkanes) is 1. The second-order valence-electron chi connectivity index (χ2n) is 11.4. The van der Waals surface area contributed by atoms with Gasteiger partial charge in [0.15, 0.2) is 0 Å². The molecule has 1 heterocycles. The first-order valence-corrected chi connectivity index (χ1v) is 15.3. The molecule has 0 aliphatic carbocycles. The number of para-hydroxylation sites is 2. The van der Waals surface area contributed by atoms with Crippen LogP contribution in [-0.2, 0) is 24.2 Å². The number of rotatable bonds is 14. The van der Waals surface area contributed by atoms with Crippen LogP contribution in [0.15, 0.2) is 103 Å². The Hall–Kier alpha value is -4.78. The Morgan fingerprint density at radius 2 is 1.52 bits per heavy atom. The van der Waals surface area contributed by atoms with Crippen LogP contribution in [0.4, 0.5) is 16.2 Å². The number of benzene rings is 4. The summed E-state index contributed by atoms with van der Waals surface area (Å²) < 4.78 is 11.8. The van der Waals surface area contributed by atoms with Gasteiger partial charge < -0.3 is 19.5 Å². The zero-order valence-electron chi connectivity index (χ0n) is 25.4. The van der Waals surface area contributed by atoms with Crippen molar-refractivity contribution in [3.05, 3.63) is 120 Å². The van der Waals surface area contributed by atoms with Gasteiger partial charge in [-0.2, -0.15) is 0 Å². The molecule has 1 aliphatic rings. The first-order valence-electron chi connectivity index (χ1n) is 15.3. The van der Waals surface area contributed by atoms with Gasteiger partial charge in [-0.05, 0) is 85.3 Å². The lowest BCUT2D eigenvalue weighted by atomic mass is 9.96. The summed E-state index contributed by atoms with van der Waals surface area (Å²) >= 11 is 0. The molecule has 0 unspecified atom stereocenters. The molecule has 1 aliphatic heterocycles. The third kappa shape index (κ3) is 7.40. The van der Waals surface area contributed by atoms with Crippen LogP contribution in [0.3, 0.4) is 0 Å². The molecule has 0 saturated carbocycles. The summed E-state index contributed by atoms with van der Waals surface area (Å²) in [6.07, 6.45) is 4.22. The van der Waals surface area contributed by atoms with Gasteiger partial charge in [0.05, 0.1) is 18.0 Å². The maximum absolute atomic E-state index is 13.7. The van der Waals surface area contributed by atoms with Crippen molar-refractivity contribution in [2.45, 2.75) is 58.1 Å². The zero-order valence-corrected chi connectivity index (χ0v) is 25.4. The van der Waals surface area contributed by atoms with E-state index in [0.717, 1.165) is 41.8 Å². The summed E-state index contributed by atoms with van der Waals surface area (Å²) in [5, 5.41) is 9.87. The van der Waals surface area contributed by atoms with Crippen LogP contribution in [0.25, 0.3) is 0 Å². The van der Waals surface area contributed by atoms with Gasteiger partial charge in [0.25, 0.3) is 0 Å². The largest absolute Gasteiger partial charge is 0.494 e. The van der Waals surface area contributed by atoms with E-state index >= 15 is 0 Å². The van der Waals surface area contributed by atoms with Crippen molar-refractivity contribution in [1.82, 2.24) is 4.90 Å². The van der Waals surface area contributed by atoms with Crippen LogP contribution in [0.2, 0.25) is 0 Å². The van der Waals surface area contributed by atoms with Crippen molar-refractivity contribution in [2.75, 3.05) is 18.1 Å². The minimum atomic E-state index is -1.41. The first-order chi connectivity index (χ1) is 21.4. The monoisotopic (exact) mass is 592 g/mol. The van der Waals surface area contributed by atoms with Gasteiger partial charge >= 0.3 is 12.0 Å². The number of aliphatic carboxylic acids is 1. The highest BCUT2D eigenvalue weighted by atomic mass is 16.5. The second-order valence-corrected chi connectivity index (χ2v) is 11.4. The third-order valence-corrected chi connectivity index (χ3v) is 7.91. The summed E-state index contributed by atoms with van der Waals surface area (Å²) in [5.74, 6) is 0.172. The molecule has 0 radical (unpaired) electrons. The Bertz CT molecular complexity index is 1540. The number of carboxylic acids is 1. The van der Waals surface area contributed by atoms with E-state index in [1.807, 2.05) is 82.6 Å². The highest BCUT2D eigenvalue weighted by Gasteiger charge is 2.36. The number of fused-ring (bicyclic) bond motifs is 1. The molecule has 0 saturated heterocycles. The van der Waals surface area contributed by atoms with Crippen LogP contribution in [0, 0.1) is 0 Å². The predicted molar refractivity (Wildman–Crippen MR) is 173 cm³/mol. The molecule has 7 heteroatoms. The number of hydrogen-bond acceptors (Lipinski definition) is 4. The second kappa shape index (κ2) is 14.1. The number of carboxylic acid groups (broad SMARTS) is 1. The van der Waals surface area contributed by atoms with E-state index in [9.17, 15) is 14.7 Å². The molecule has 1 N–H and O–H groups in total. The Morgan fingerprint density at radius 3 is 2.23 bits per heavy atom. The molecule has 0 bridgehead atoms. The lowest BCUT2D eigenvalue weighted by molar-refractivity contribution is -0.153. The van der Waals surface area contributed by atoms with Crippen LogP contribution in [-0.4, -0.2) is 40.8 Å². The summed E-state index contributed by atoms with van der Waals surface area (Å²) in [6, 6.07) is 32.8. The van der Waals surface area contributed by atoms with Gasteiger partial charge in [0.2, 0.25) is 5.60 Å². The van der Waals surface area contributed by atoms with Crippen LogP contribution in [0.1, 0.15) is 49.8 Å². The van der Waals surface area contributed by atoms with E-state index in [-0.39, 0.29) is 12.5 Å². The number of urea groups is 1. The molecule has 4 aromatic carbocycles. The molecule has 4 aromatic rings. The van der Waals surface area contributed by atoms with Gasteiger partial charge in [-0.3, -0.25) is 4.90 Å². The van der Waals surface area contributed by atoms with Crippen molar-refractivity contribution in [3.8, 4) is 11.5 Å². The summed E-state index contributed by atoms with van der Waals surface area (Å²) in [4.78, 5) is 29.4. The van der Waals surface area contributed by atoms with Crippen molar-refractivity contribution < 1.29 is 24.2 Å². The fourth-order valence-corrected chi connectivity index (χ4v) is 5.44. The molecule has 44 heavy (non-hydrogen) atoms. The van der Waals surface area contributed by atoms with Crippen molar-refractivity contribution in [2.24, 2.45) is 0 Å². The molecular formula is C37H40N2O5. The van der Waals surface area contributed by atoms with E-state index < -0.39 is 11.6 Å². The van der Waals surface area contributed by atoms with Gasteiger partial charge in [-0.15, -0.1) is 0 Å². The zero-order chi connectivity index (χ0) is 30.9. The Morgan fingerprint density at radius 1 is 0.841 bits per heavy atom. The lowest BCUT2D eigenvalue weighted by Gasteiger charge is -2.37. The SMILES string of the molecule is CCCCc1ccc(N2C(=O)N(CCCOc3ccc(C[C@](C)(Oc4ccccc4)C(=O)O)cc3)Cc3ccccc32)cc1. The number of anilines is 2. The first kappa shape index (κ1) is 30.7. The predicted octanol–water partition coefficient (Wildman–Crippen LogP) is 8.04. The highest BCUT2D eigenvalue weighted by molar-refractivity contribution is 6.01. The van der Waals surface area contributed by atoms with Gasteiger partial charge in [-0.1, -0.05) is 74.0 Å². The van der Waals surface area contributed by atoms with Crippen LogP contribution in [0.5, 0.6) is 11.5 Å². The molecule has 5 rings (SSSR count). The highest BCUT2D eigenvalue weighted by Crippen LogP contribution is 2.35. The molecule has 0 spiro atoms. The fraction of sp³-hybridized carbons (Fsp3) is 0.297. The van der Waals surface area contributed by atoms with Crippen molar-refractivity contribution in [1.29, 1.82) is 0 Å². The topological polar surface area (TPSA) is 79.3 Å². The standard InChI is InChI=1S/C37H40N2O5/c1-3-4-11-28-16-20-31(21-17-28)39-34-15-9-8-12-30(34)27-38(36(39)42)24-10-25-43-32-22-18-29(19-23-32)26-37(2,35(40)41)44-33-13-6-5-7-14-33/h5-9,12-23H,3-4,10-11,24-27H2,1-2H3,(H,40,41)/t37-/m0/s1. The third-order valence-electron chi connectivity index (χ3n) is 7.91. The van der Waals surface area contributed by atoms with E-state index in [2.05, 4.69) is 25.1 Å². The molecule has 0 fully saturated rings. The maximum Gasteiger partial charge on any atom is 0.348 e. The molecule has 7 nitrogen and oxygen atoms in total. The molecule has 228 valence electrons. The minimum absolute atomic E-state index is 0.0337. The molecule has 1 atom stereocenters.